The van der Waals surface area contributed by atoms with Crippen molar-refractivity contribution >= 4 is 29.1 Å². The van der Waals surface area contributed by atoms with E-state index in [1.165, 1.54) is 0 Å². The van der Waals surface area contributed by atoms with Crippen LogP contribution < -0.4 is 10.6 Å². The summed E-state index contributed by atoms with van der Waals surface area (Å²) in [7, 11) is 0. The number of aryl methyl sites for hydroxylation is 1. The van der Waals surface area contributed by atoms with E-state index in [4.69, 9.17) is 16.0 Å². The Morgan fingerprint density at radius 2 is 1.97 bits per heavy atom. The van der Waals surface area contributed by atoms with Crippen molar-refractivity contribution in [3.8, 4) is 11.3 Å². The van der Waals surface area contributed by atoms with E-state index in [0.29, 0.717) is 34.3 Å². The molecule has 1 fully saturated rings. The first-order valence-corrected chi connectivity index (χ1v) is 9.86. The number of halogens is 1. The number of oxazole rings is 1. The molecule has 3 aromatic rings. The van der Waals surface area contributed by atoms with Crippen LogP contribution in [0.2, 0.25) is 5.02 Å². The van der Waals surface area contributed by atoms with Crippen LogP contribution in [-0.2, 0) is 11.2 Å². The van der Waals surface area contributed by atoms with E-state index in [0.717, 1.165) is 18.4 Å². The van der Waals surface area contributed by atoms with Crippen LogP contribution in [0.15, 0.2) is 59.1 Å². The first-order valence-electron chi connectivity index (χ1n) is 9.49. The topological polar surface area (TPSA) is 84.2 Å². The zero-order valence-corrected chi connectivity index (χ0v) is 16.4. The molecule has 0 radical (unpaired) electrons. The van der Waals surface area contributed by atoms with Gasteiger partial charge in [0.05, 0.1) is 11.2 Å². The molecular weight excluding hydrogens is 390 g/mol. The molecule has 1 aromatic heterocycles. The van der Waals surface area contributed by atoms with Gasteiger partial charge in [0, 0.05) is 35.7 Å². The van der Waals surface area contributed by atoms with Gasteiger partial charge in [-0.15, -0.1) is 0 Å². The first-order chi connectivity index (χ1) is 14.1. The summed E-state index contributed by atoms with van der Waals surface area (Å²) in [6.45, 7) is 0. The second-order valence-corrected chi connectivity index (χ2v) is 7.38. The van der Waals surface area contributed by atoms with Gasteiger partial charge < -0.3 is 15.1 Å². The molecule has 2 amide bonds. The number of amides is 2. The highest BCUT2D eigenvalue weighted by Crippen LogP contribution is 2.28. The normalized spacial score (nSPS) is 13.1. The molecule has 0 spiro atoms. The number of anilines is 1. The fourth-order valence-electron chi connectivity index (χ4n) is 2.89. The first kappa shape index (κ1) is 19.2. The summed E-state index contributed by atoms with van der Waals surface area (Å²) >= 11 is 6.17. The van der Waals surface area contributed by atoms with Gasteiger partial charge in [-0.05, 0) is 43.2 Å². The predicted octanol–water partition coefficient (Wildman–Crippen LogP) is 4.46. The second-order valence-electron chi connectivity index (χ2n) is 6.97. The molecule has 148 valence electrons. The molecule has 2 N–H and O–H groups in total. The maximum Gasteiger partial charge on any atom is 0.251 e. The van der Waals surface area contributed by atoms with Gasteiger partial charge in [0.2, 0.25) is 5.91 Å². The van der Waals surface area contributed by atoms with E-state index < -0.39 is 0 Å². The average molecular weight is 410 g/mol. The van der Waals surface area contributed by atoms with E-state index in [-0.39, 0.29) is 24.3 Å². The number of carbonyl (C=O) groups is 2. The van der Waals surface area contributed by atoms with Gasteiger partial charge in [-0.1, -0.05) is 29.8 Å². The zero-order chi connectivity index (χ0) is 20.2. The average Bonchev–Trinajstić information content (AvgIpc) is 3.41. The molecule has 1 heterocycles. The maximum atomic E-state index is 12.3. The standard InChI is InChI=1S/C22H20ClN3O3/c23-18-7-2-1-6-17(18)19-13-24-21(29-19)11-10-20(27)25-16-5-3-4-14(12-16)22(28)26-15-8-9-15/h1-7,12-13,15H,8-11H2,(H,25,27)(H,26,28). The summed E-state index contributed by atoms with van der Waals surface area (Å²) in [5, 5.41) is 6.33. The molecule has 2 aromatic carbocycles. The Bertz CT molecular complexity index is 1040. The summed E-state index contributed by atoms with van der Waals surface area (Å²) in [5.41, 5.74) is 1.88. The number of nitrogens with zero attached hydrogens (tertiary/aromatic N) is 1. The Morgan fingerprint density at radius 3 is 2.76 bits per heavy atom. The van der Waals surface area contributed by atoms with Crippen molar-refractivity contribution in [1.82, 2.24) is 10.3 Å². The number of hydrogen-bond donors (Lipinski definition) is 2. The second kappa shape index (κ2) is 8.49. The molecule has 0 bridgehead atoms. The van der Waals surface area contributed by atoms with Crippen molar-refractivity contribution in [1.29, 1.82) is 0 Å². The van der Waals surface area contributed by atoms with Crippen molar-refractivity contribution in [2.24, 2.45) is 0 Å². The highest BCUT2D eigenvalue weighted by molar-refractivity contribution is 6.33. The molecule has 7 heteroatoms. The van der Waals surface area contributed by atoms with E-state index >= 15 is 0 Å². The third-order valence-corrected chi connectivity index (χ3v) is 4.91. The van der Waals surface area contributed by atoms with Crippen LogP contribution in [0.3, 0.4) is 0 Å². The highest BCUT2D eigenvalue weighted by Gasteiger charge is 2.23. The summed E-state index contributed by atoms with van der Waals surface area (Å²) in [6.07, 6.45) is 4.23. The van der Waals surface area contributed by atoms with Gasteiger partial charge in [0.25, 0.3) is 5.91 Å². The Morgan fingerprint density at radius 1 is 1.14 bits per heavy atom. The Hall–Kier alpha value is -3.12. The molecule has 4 rings (SSSR count). The van der Waals surface area contributed by atoms with Crippen LogP contribution in [0.25, 0.3) is 11.3 Å². The highest BCUT2D eigenvalue weighted by atomic mass is 35.5. The van der Waals surface area contributed by atoms with E-state index in [1.807, 2.05) is 18.2 Å². The minimum Gasteiger partial charge on any atom is -0.441 e. The largest absolute Gasteiger partial charge is 0.441 e. The number of benzene rings is 2. The smallest absolute Gasteiger partial charge is 0.251 e. The Labute approximate surface area is 173 Å². The minimum atomic E-state index is -0.178. The SMILES string of the molecule is O=C(CCc1ncc(-c2ccccc2Cl)o1)Nc1cccc(C(=O)NC2CC2)c1. The molecule has 6 nitrogen and oxygen atoms in total. The van der Waals surface area contributed by atoms with Gasteiger partial charge in [0.1, 0.15) is 0 Å². The molecule has 0 aliphatic heterocycles. The molecule has 0 saturated heterocycles. The van der Waals surface area contributed by atoms with Crippen LogP contribution in [0.5, 0.6) is 0 Å². The Kier molecular flexibility index (Phi) is 5.62. The molecule has 0 unspecified atom stereocenters. The summed E-state index contributed by atoms with van der Waals surface area (Å²) < 4.78 is 5.72. The summed E-state index contributed by atoms with van der Waals surface area (Å²) in [4.78, 5) is 28.6. The molecule has 1 saturated carbocycles. The lowest BCUT2D eigenvalue weighted by Gasteiger charge is -2.07. The fourth-order valence-corrected chi connectivity index (χ4v) is 3.12. The number of rotatable bonds is 7. The summed E-state index contributed by atoms with van der Waals surface area (Å²) in [6, 6.07) is 14.6. The lowest BCUT2D eigenvalue weighted by Crippen LogP contribution is -2.25. The Balaban J connectivity index is 1.32. The van der Waals surface area contributed by atoms with Gasteiger partial charge in [-0.3, -0.25) is 9.59 Å². The minimum absolute atomic E-state index is 0.115. The monoisotopic (exact) mass is 409 g/mol. The van der Waals surface area contributed by atoms with E-state index in [9.17, 15) is 9.59 Å². The van der Waals surface area contributed by atoms with Crippen molar-refractivity contribution < 1.29 is 14.0 Å². The van der Waals surface area contributed by atoms with Crippen molar-refractivity contribution in [2.75, 3.05) is 5.32 Å². The third-order valence-electron chi connectivity index (χ3n) is 4.58. The molecule has 1 aliphatic carbocycles. The van der Waals surface area contributed by atoms with Crippen LogP contribution in [-0.4, -0.2) is 22.8 Å². The van der Waals surface area contributed by atoms with Gasteiger partial charge in [-0.25, -0.2) is 4.98 Å². The van der Waals surface area contributed by atoms with Gasteiger partial charge in [-0.2, -0.15) is 0 Å². The molecule has 0 atom stereocenters. The van der Waals surface area contributed by atoms with Crippen LogP contribution in [0.4, 0.5) is 5.69 Å². The van der Waals surface area contributed by atoms with Gasteiger partial charge >= 0.3 is 0 Å². The third kappa shape index (κ3) is 5.03. The van der Waals surface area contributed by atoms with Crippen molar-refractivity contribution in [3.05, 3.63) is 71.2 Å². The number of aromatic nitrogens is 1. The molecular formula is C22H20ClN3O3. The van der Waals surface area contributed by atoms with Crippen LogP contribution in [0, 0.1) is 0 Å². The van der Waals surface area contributed by atoms with Gasteiger partial charge in [0.15, 0.2) is 11.7 Å². The quantitative estimate of drug-likeness (QED) is 0.603. The predicted molar refractivity (Wildman–Crippen MR) is 111 cm³/mol. The number of carbonyl (C=O) groups excluding carboxylic acids is 2. The molecule has 29 heavy (non-hydrogen) atoms. The van der Waals surface area contributed by atoms with E-state index in [1.54, 1.807) is 36.5 Å². The number of nitrogens with one attached hydrogen (secondary N) is 2. The summed E-state index contributed by atoms with van der Waals surface area (Å²) in [5.74, 6) is 0.741. The number of hydrogen-bond acceptors (Lipinski definition) is 4. The fraction of sp³-hybridized carbons (Fsp3) is 0.227. The lowest BCUT2D eigenvalue weighted by molar-refractivity contribution is -0.116. The zero-order valence-electron chi connectivity index (χ0n) is 15.7. The van der Waals surface area contributed by atoms with Crippen LogP contribution in [0.1, 0.15) is 35.5 Å². The van der Waals surface area contributed by atoms with Crippen LogP contribution >= 0.6 is 11.6 Å². The van der Waals surface area contributed by atoms with Crippen molar-refractivity contribution in [3.63, 3.8) is 0 Å². The maximum absolute atomic E-state index is 12.3. The molecule has 1 aliphatic rings. The van der Waals surface area contributed by atoms with Crippen molar-refractivity contribution in [2.45, 2.75) is 31.7 Å². The lowest BCUT2D eigenvalue weighted by atomic mass is 10.2. The van der Waals surface area contributed by atoms with E-state index in [2.05, 4.69) is 15.6 Å².